The van der Waals surface area contributed by atoms with Crippen LogP contribution in [0.5, 0.6) is 0 Å². The highest BCUT2D eigenvalue weighted by Crippen LogP contribution is 2.24. The first-order valence-electron chi connectivity index (χ1n) is 7.01. The van der Waals surface area contributed by atoms with Gasteiger partial charge in [-0.2, -0.15) is 0 Å². The van der Waals surface area contributed by atoms with Crippen molar-refractivity contribution in [2.45, 2.75) is 6.42 Å². The average Bonchev–Trinajstić information content (AvgIpc) is 3.16. The number of carbonyl (C=O) groups excluding carboxylic acids is 3. The molecule has 4 rings (SSSR count). The molecule has 8 heteroatoms. The van der Waals surface area contributed by atoms with Crippen LogP contribution in [0, 0.1) is 0 Å². The van der Waals surface area contributed by atoms with Crippen LogP contribution in [-0.2, 0) is 16.1 Å². The predicted octanol–water partition coefficient (Wildman–Crippen LogP) is 1.99. The van der Waals surface area contributed by atoms with Gasteiger partial charge in [0.15, 0.2) is 0 Å². The number of amides is 2. The fraction of sp³-hybridized carbons (Fsp3) is 0.0625. The predicted molar refractivity (Wildman–Crippen MR) is 84.2 cm³/mol. The number of carbonyl (C=O) groups is 3. The largest absolute Gasteiger partial charge is 0.339 e. The van der Waals surface area contributed by atoms with Gasteiger partial charge in [-0.3, -0.25) is 9.59 Å². The number of aromatic nitrogens is 2. The summed E-state index contributed by atoms with van der Waals surface area (Å²) in [5.74, 6) is -2.03. The second kappa shape index (κ2) is 5.50. The third kappa shape index (κ3) is 2.24. The molecule has 0 aliphatic carbocycles. The summed E-state index contributed by atoms with van der Waals surface area (Å²) in [6.07, 6.45) is 1.20. The van der Waals surface area contributed by atoms with E-state index in [0.29, 0.717) is 10.8 Å². The number of rotatable bonds is 3. The maximum absolute atomic E-state index is 12.2. The van der Waals surface area contributed by atoms with Crippen molar-refractivity contribution < 1.29 is 19.2 Å². The minimum absolute atomic E-state index is 0.164. The van der Waals surface area contributed by atoms with E-state index in [1.165, 1.54) is 29.8 Å². The molecule has 0 saturated carbocycles. The lowest BCUT2D eigenvalue weighted by Gasteiger charge is -2.12. The molecule has 2 amide bonds. The van der Waals surface area contributed by atoms with Crippen LogP contribution >= 0.6 is 11.3 Å². The summed E-state index contributed by atoms with van der Waals surface area (Å²) in [7, 11) is 0. The van der Waals surface area contributed by atoms with E-state index in [1.54, 1.807) is 12.1 Å². The molecule has 0 radical (unpaired) electrons. The highest BCUT2D eigenvalue weighted by molar-refractivity contribution is 7.16. The van der Waals surface area contributed by atoms with Crippen molar-refractivity contribution in [2.24, 2.45) is 0 Å². The lowest BCUT2D eigenvalue weighted by molar-refractivity contribution is -0.167. The Kier molecular flexibility index (Phi) is 3.31. The van der Waals surface area contributed by atoms with Gasteiger partial charge < -0.3 is 4.84 Å². The van der Waals surface area contributed by atoms with Crippen LogP contribution in [0.15, 0.2) is 42.0 Å². The van der Waals surface area contributed by atoms with Crippen LogP contribution in [0.4, 0.5) is 0 Å². The molecule has 1 aliphatic heterocycles. The van der Waals surface area contributed by atoms with Crippen LogP contribution < -0.4 is 0 Å². The number of hydroxylamine groups is 2. The molecule has 0 unspecified atom stereocenters. The Morgan fingerprint density at radius 2 is 1.79 bits per heavy atom. The number of imide groups is 1. The number of fused-ring (bicyclic) bond motifs is 2. The Morgan fingerprint density at radius 1 is 1.08 bits per heavy atom. The number of hydrogen-bond donors (Lipinski definition) is 0. The van der Waals surface area contributed by atoms with E-state index in [2.05, 4.69) is 9.97 Å². The summed E-state index contributed by atoms with van der Waals surface area (Å²) in [5, 5.41) is 3.10. The van der Waals surface area contributed by atoms with Gasteiger partial charge >= 0.3 is 5.97 Å². The molecule has 24 heavy (non-hydrogen) atoms. The molecule has 7 nitrogen and oxygen atoms in total. The van der Waals surface area contributed by atoms with Crippen LogP contribution in [0.3, 0.4) is 0 Å². The maximum atomic E-state index is 12.2. The summed E-state index contributed by atoms with van der Waals surface area (Å²) < 4.78 is 0. The van der Waals surface area contributed by atoms with Crippen molar-refractivity contribution in [2.75, 3.05) is 0 Å². The molecule has 0 fully saturated rings. The minimum Gasteiger partial charge on any atom is -0.329 e. The van der Waals surface area contributed by atoms with Gasteiger partial charge in [0.2, 0.25) is 0 Å². The average molecular weight is 339 g/mol. The first kappa shape index (κ1) is 14.5. The zero-order chi connectivity index (χ0) is 16.7. The molecule has 0 atom stereocenters. The van der Waals surface area contributed by atoms with Crippen LogP contribution in [0.1, 0.15) is 26.4 Å². The Balaban J connectivity index is 1.54. The molecular weight excluding hydrogens is 330 g/mol. The summed E-state index contributed by atoms with van der Waals surface area (Å²) >= 11 is 1.43. The zero-order valence-corrected chi connectivity index (χ0v) is 12.9. The topological polar surface area (TPSA) is 89.5 Å². The molecule has 0 N–H and O–H groups in total. The van der Waals surface area contributed by atoms with E-state index >= 15 is 0 Å². The second-order valence-electron chi connectivity index (χ2n) is 5.05. The van der Waals surface area contributed by atoms with Gasteiger partial charge in [-0.25, -0.2) is 14.8 Å². The van der Waals surface area contributed by atoms with Crippen LogP contribution in [0.25, 0.3) is 10.2 Å². The Labute approximate surface area is 139 Å². The molecule has 0 spiro atoms. The van der Waals surface area contributed by atoms with E-state index in [0.717, 1.165) is 10.2 Å². The molecule has 1 aliphatic rings. The van der Waals surface area contributed by atoms with Gasteiger partial charge in [-0.1, -0.05) is 17.2 Å². The van der Waals surface area contributed by atoms with Gasteiger partial charge in [0, 0.05) is 5.39 Å². The molecule has 3 aromatic rings. The van der Waals surface area contributed by atoms with E-state index < -0.39 is 17.8 Å². The van der Waals surface area contributed by atoms with Crippen molar-refractivity contribution >= 4 is 39.3 Å². The number of benzene rings is 1. The van der Waals surface area contributed by atoms with Gasteiger partial charge in [0.1, 0.15) is 11.2 Å². The molecule has 0 saturated heterocycles. The first-order chi connectivity index (χ1) is 11.6. The van der Waals surface area contributed by atoms with E-state index in [9.17, 15) is 14.4 Å². The number of thiophene rings is 1. The molecule has 2 aromatic heterocycles. The molecule has 1 aromatic carbocycles. The standard InChI is InChI=1S/C16H9N3O4S/c20-13(7-12-11-5-6-24-14(11)18-8-17-12)23-19-15(21)9-3-1-2-4-10(9)16(19)22/h1-6,8H,7H2. The SMILES string of the molecule is O=C(Cc1ncnc2sccc12)ON1C(=O)c2ccccc2C1=O. The van der Waals surface area contributed by atoms with Gasteiger partial charge in [-0.15, -0.1) is 11.3 Å². The van der Waals surface area contributed by atoms with E-state index in [1.807, 2.05) is 11.4 Å². The lowest BCUT2D eigenvalue weighted by Crippen LogP contribution is -2.33. The monoisotopic (exact) mass is 339 g/mol. The fourth-order valence-electron chi connectivity index (χ4n) is 2.50. The lowest BCUT2D eigenvalue weighted by atomic mass is 10.1. The molecule has 0 bridgehead atoms. The van der Waals surface area contributed by atoms with Crippen LogP contribution in [-0.4, -0.2) is 32.8 Å². The summed E-state index contributed by atoms with van der Waals surface area (Å²) in [5.41, 5.74) is 0.929. The summed E-state index contributed by atoms with van der Waals surface area (Å²) in [6.45, 7) is 0. The second-order valence-corrected chi connectivity index (χ2v) is 5.94. The van der Waals surface area contributed by atoms with Gasteiger partial charge in [0.25, 0.3) is 11.8 Å². The molecule has 118 valence electrons. The van der Waals surface area contributed by atoms with E-state index in [-0.39, 0.29) is 17.5 Å². The Hall–Kier alpha value is -3.13. The summed E-state index contributed by atoms with van der Waals surface area (Å²) in [4.78, 5) is 50.4. The number of hydrogen-bond acceptors (Lipinski definition) is 7. The highest BCUT2D eigenvalue weighted by atomic mass is 32.1. The molecular formula is C16H9N3O4S. The first-order valence-corrected chi connectivity index (χ1v) is 7.89. The Morgan fingerprint density at radius 3 is 2.50 bits per heavy atom. The highest BCUT2D eigenvalue weighted by Gasteiger charge is 2.38. The normalized spacial score (nSPS) is 13.4. The minimum atomic E-state index is -0.740. The van der Waals surface area contributed by atoms with Gasteiger partial charge in [-0.05, 0) is 23.6 Å². The van der Waals surface area contributed by atoms with Crippen molar-refractivity contribution in [3.8, 4) is 0 Å². The fourth-order valence-corrected chi connectivity index (χ4v) is 3.26. The quantitative estimate of drug-likeness (QED) is 0.678. The summed E-state index contributed by atoms with van der Waals surface area (Å²) in [6, 6.07) is 8.13. The number of nitrogens with zero attached hydrogens (tertiary/aromatic N) is 3. The van der Waals surface area contributed by atoms with Crippen molar-refractivity contribution in [1.82, 2.24) is 15.0 Å². The van der Waals surface area contributed by atoms with Crippen molar-refractivity contribution in [3.63, 3.8) is 0 Å². The van der Waals surface area contributed by atoms with Crippen molar-refractivity contribution in [1.29, 1.82) is 0 Å². The third-order valence-corrected chi connectivity index (χ3v) is 4.43. The van der Waals surface area contributed by atoms with Crippen molar-refractivity contribution in [3.05, 3.63) is 58.9 Å². The Bertz CT molecular complexity index is 963. The van der Waals surface area contributed by atoms with Crippen LogP contribution in [0.2, 0.25) is 0 Å². The zero-order valence-electron chi connectivity index (χ0n) is 12.1. The van der Waals surface area contributed by atoms with E-state index in [4.69, 9.17) is 4.84 Å². The van der Waals surface area contributed by atoms with Gasteiger partial charge in [0.05, 0.1) is 23.2 Å². The third-order valence-electron chi connectivity index (χ3n) is 3.61. The molecule has 3 heterocycles. The maximum Gasteiger partial charge on any atom is 0.339 e. The smallest absolute Gasteiger partial charge is 0.329 e.